The fourth-order valence-electron chi connectivity index (χ4n) is 2.78. The summed E-state index contributed by atoms with van der Waals surface area (Å²) in [4.78, 5) is 35.9. The first-order valence-corrected chi connectivity index (χ1v) is 12.1. The van der Waals surface area contributed by atoms with Gasteiger partial charge in [0.05, 0.1) is 25.1 Å². The van der Waals surface area contributed by atoms with Crippen molar-refractivity contribution in [1.29, 1.82) is 0 Å². The van der Waals surface area contributed by atoms with E-state index in [1.165, 1.54) is 33.4 Å². The summed E-state index contributed by atoms with van der Waals surface area (Å²) in [5.74, 6) is -1.73. The smallest absolute Gasteiger partial charge is 0.335 e. The number of nitrogen functional groups attached to an aromatic ring is 1. The van der Waals surface area contributed by atoms with Gasteiger partial charge < -0.3 is 29.4 Å². The van der Waals surface area contributed by atoms with Gasteiger partial charge in [-0.3, -0.25) is 9.36 Å². The summed E-state index contributed by atoms with van der Waals surface area (Å²) in [5.41, 5.74) is 5.13. The number of hydrogen-bond acceptors (Lipinski definition) is 10. The molecule has 2 heterocycles. The third-order valence-electron chi connectivity index (χ3n) is 4.41. The number of carbonyl (C=O) groups excluding carboxylic acids is 1. The monoisotopic (exact) mass is 486 g/mol. The van der Waals surface area contributed by atoms with Crippen molar-refractivity contribution in [2.75, 3.05) is 12.1 Å². The van der Waals surface area contributed by atoms with E-state index >= 15 is 0 Å². The van der Waals surface area contributed by atoms with Crippen molar-refractivity contribution in [3.05, 3.63) is 12.7 Å². The molecule has 2 rings (SSSR count). The molecule has 33 heavy (non-hydrogen) atoms. The molecule has 0 spiro atoms. The maximum atomic E-state index is 13.5. The normalized spacial score (nSPS) is 15.8. The van der Waals surface area contributed by atoms with Crippen molar-refractivity contribution in [3.63, 3.8) is 0 Å². The van der Waals surface area contributed by atoms with Crippen LogP contribution in [0.5, 0.6) is 0 Å². The molecule has 0 bridgehead atoms. The summed E-state index contributed by atoms with van der Waals surface area (Å²) < 4.78 is 31.5. The summed E-state index contributed by atoms with van der Waals surface area (Å²) in [6, 6.07) is 0. The van der Waals surface area contributed by atoms with Crippen LogP contribution in [-0.2, 0) is 34.7 Å². The molecule has 0 aliphatic heterocycles. The summed E-state index contributed by atoms with van der Waals surface area (Å²) in [7, 11) is -3.97. The molecule has 0 aliphatic rings. The third-order valence-corrected chi connectivity index (χ3v) is 6.45. The van der Waals surface area contributed by atoms with Crippen molar-refractivity contribution in [3.8, 4) is 0 Å². The van der Waals surface area contributed by atoms with Gasteiger partial charge in [-0.15, -0.1) is 0 Å². The maximum Gasteiger partial charge on any atom is 0.335 e. The van der Waals surface area contributed by atoms with Crippen LogP contribution >= 0.6 is 7.52 Å². The molecule has 4 N–H and O–H groups in total. The summed E-state index contributed by atoms with van der Waals surface area (Å²) in [6.45, 7) is 9.36. The predicted molar refractivity (Wildman–Crippen MR) is 119 cm³/mol. The Morgan fingerprint density at radius 2 is 1.91 bits per heavy atom. The second-order valence-electron chi connectivity index (χ2n) is 8.38. The number of nitrogens with zero attached hydrogens (tertiary/aromatic N) is 4. The van der Waals surface area contributed by atoms with Crippen molar-refractivity contribution < 1.29 is 33.3 Å². The fraction of sp³-hybridized carbons (Fsp3) is 0.632. The standard InChI is InChI=1S/C19H31N6O7P/c1-11(2)31-17(26)13(4)32-33(29,24-19(5,6)18(27)28)10-30-12(3)7-25-9-23-14-15(20)21-8-22-16(14)25/h8-9,11-13H,7,10H2,1-6H3,(H,24,29)(H,27,28)(H2,20,21,22)/t12-,13+,33+/m1/s1. The van der Waals surface area contributed by atoms with E-state index in [0.29, 0.717) is 11.2 Å². The average molecular weight is 486 g/mol. The molecule has 13 nitrogen and oxygen atoms in total. The number of anilines is 1. The molecule has 0 fully saturated rings. The number of hydrogen-bond donors (Lipinski definition) is 3. The van der Waals surface area contributed by atoms with E-state index in [-0.39, 0.29) is 12.4 Å². The molecule has 3 atom stereocenters. The van der Waals surface area contributed by atoms with Gasteiger partial charge in [-0.1, -0.05) is 0 Å². The van der Waals surface area contributed by atoms with Gasteiger partial charge in [0, 0.05) is 0 Å². The molecule has 0 saturated heterocycles. The molecule has 0 radical (unpaired) electrons. The quantitative estimate of drug-likeness (QED) is 0.293. The van der Waals surface area contributed by atoms with Crippen LogP contribution in [-0.4, -0.2) is 66.8 Å². The minimum atomic E-state index is -3.97. The molecule has 0 amide bonds. The molecular weight excluding hydrogens is 455 g/mol. The van der Waals surface area contributed by atoms with Crippen molar-refractivity contribution in [2.45, 2.75) is 71.9 Å². The Kier molecular flexibility index (Phi) is 8.52. The van der Waals surface area contributed by atoms with E-state index in [9.17, 15) is 19.3 Å². The second kappa shape index (κ2) is 10.6. The zero-order valence-corrected chi connectivity index (χ0v) is 20.4. The number of carboxylic acids is 1. The first kappa shape index (κ1) is 26.7. The zero-order valence-electron chi connectivity index (χ0n) is 19.5. The lowest BCUT2D eigenvalue weighted by Crippen LogP contribution is -2.46. The van der Waals surface area contributed by atoms with Crippen LogP contribution in [0.25, 0.3) is 11.2 Å². The number of carboxylic acid groups (broad SMARTS) is 1. The maximum absolute atomic E-state index is 13.5. The number of imidazole rings is 1. The lowest BCUT2D eigenvalue weighted by atomic mass is 10.1. The van der Waals surface area contributed by atoms with Gasteiger partial charge in [-0.25, -0.2) is 24.8 Å². The summed E-state index contributed by atoms with van der Waals surface area (Å²) >= 11 is 0. The van der Waals surface area contributed by atoms with Crippen LogP contribution in [0.4, 0.5) is 5.82 Å². The Morgan fingerprint density at radius 1 is 1.24 bits per heavy atom. The molecule has 0 aromatic carbocycles. The van der Waals surface area contributed by atoms with Crippen LogP contribution in [0.1, 0.15) is 41.5 Å². The SMILES string of the molecule is CC(C)OC(=O)[C@H](C)O[P@@](=O)(CO[C@H](C)Cn1cnc2c(N)ncnc21)NC(C)(C)C(=O)O. The number of carbonyl (C=O) groups is 2. The van der Waals surface area contributed by atoms with Gasteiger partial charge in [-0.05, 0) is 41.5 Å². The number of nitrogens with one attached hydrogen (secondary N) is 1. The van der Waals surface area contributed by atoms with Crippen LogP contribution < -0.4 is 10.8 Å². The summed E-state index contributed by atoms with van der Waals surface area (Å²) in [5, 5.41) is 11.9. The van der Waals surface area contributed by atoms with Crippen LogP contribution in [0, 0.1) is 0 Å². The van der Waals surface area contributed by atoms with E-state index < -0.39 is 49.7 Å². The van der Waals surface area contributed by atoms with Gasteiger partial charge in [0.25, 0.3) is 7.52 Å². The Balaban J connectivity index is 2.14. The zero-order chi connectivity index (χ0) is 25.0. The van der Waals surface area contributed by atoms with E-state index in [1.54, 1.807) is 25.3 Å². The van der Waals surface area contributed by atoms with Gasteiger partial charge in [0.1, 0.15) is 23.7 Å². The Bertz CT molecular complexity index is 1040. The number of nitrogens with two attached hydrogens (primary N) is 1. The molecule has 0 aliphatic carbocycles. The lowest BCUT2D eigenvalue weighted by molar-refractivity contribution is -0.155. The number of rotatable bonds is 12. The molecule has 0 saturated carbocycles. The minimum Gasteiger partial charge on any atom is -0.480 e. The fourth-order valence-corrected chi connectivity index (χ4v) is 4.95. The van der Waals surface area contributed by atoms with E-state index in [1.807, 2.05) is 0 Å². The largest absolute Gasteiger partial charge is 0.480 e. The van der Waals surface area contributed by atoms with Crippen molar-refractivity contribution >= 4 is 36.4 Å². The highest BCUT2D eigenvalue weighted by molar-refractivity contribution is 7.56. The average Bonchev–Trinajstić information content (AvgIpc) is 3.09. The second-order valence-corrected chi connectivity index (χ2v) is 10.4. The molecule has 14 heteroatoms. The number of aromatic nitrogens is 4. The van der Waals surface area contributed by atoms with E-state index in [2.05, 4.69) is 20.0 Å². The first-order valence-electron chi connectivity index (χ1n) is 10.3. The number of fused-ring (bicyclic) bond motifs is 1. The molecule has 0 unspecified atom stereocenters. The predicted octanol–water partition coefficient (Wildman–Crippen LogP) is 1.77. The highest BCUT2D eigenvalue weighted by Gasteiger charge is 2.39. The molecule has 2 aromatic rings. The molecular formula is C19H31N6O7P. The molecule has 184 valence electrons. The van der Waals surface area contributed by atoms with Crippen LogP contribution in [0.3, 0.4) is 0 Å². The Morgan fingerprint density at radius 3 is 2.52 bits per heavy atom. The Hall–Kier alpha value is -2.60. The lowest BCUT2D eigenvalue weighted by Gasteiger charge is -2.30. The van der Waals surface area contributed by atoms with Gasteiger partial charge in [0.2, 0.25) is 0 Å². The van der Waals surface area contributed by atoms with E-state index in [0.717, 1.165) is 0 Å². The van der Waals surface area contributed by atoms with Gasteiger partial charge in [-0.2, -0.15) is 0 Å². The van der Waals surface area contributed by atoms with Crippen LogP contribution in [0.15, 0.2) is 12.7 Å². The van der Waals surface area contributed by atoms with E-state index in [4.69, 9.17) is 19.7 Å². The van der Waals surface area contributed by atoms with Gasteiger partial charge >= 0.3 is 11.9 Å². The van der Waals surface area contributed by atoms with Crippen molar-refractivity contribution in [2.24, 2.45) is 0 Å². The third kappa shape index (κ3) is 7.19. The first-order chi connectivity index (χ1) is 15.2. The minimum absolute atomic E-state index is 0.243. The highest BCUT2D eigenvalue weighted by Crippen LogP contribution is 2.46. The Labute approximate surface area is 191 Å². The van der Waals surface area contributed by atoms with Crippen LogP contribution in [0.2, 0.25) is 0 Å². The number of ether oxygens (including phenoxy) is 2. The highest BCUT2D eigenvalue weighted by atomic mass is 31.2. The van der Waals surface area contributed by atoms with Crippen molar-refractivity contribution in [1.82, 2.24) is 24.6 Å². The van der Waals surface area contributed by atoms with Gasteiger partial charge in [0.15, 0.2) is 17.6 Å². The number of esters is 1. The summed E-state index contributed by atoms with van der Waals surface area (Å²) in [6.07, 6.45) is 0.231. The number of aliphatic carboxylic acids is 1. The topological polar surface area (TPSA) is 181 Å². The molecule has 2 aromatic heterocycles.